The summed E-state index contributed by atoms with van der Waals surface area (Å²) in [7, 11) is -0.996. The van der Waals surface area contributed by atoms with Crippen molar-refractivity contribution in [2.45, 2.75) is 19.1 Å². The van der Waals surface area contributed by atoms with Crippen molar-refractivity contribution in [1.82, 2.24) is 5.32 Å². The zero-order chi connectivity index (χ0) is 14.3. The maximum absolute atomic E-state index is 12.3. The number of aldehydes is 1. The van der Waals surface area contributed by atoms with Crippen LogP contribution in [0.4, 0.5) is 0 Å². The molecule has 0 spiro atoms. The van der Waals surface area contributed by atoms with Crippen LogP contribution < -0.4 is 10.8 Å². The molecule has 2 heterocycles. The monoisotopic (exact) mass is 275 g/mol. The molecule has 3 rings (SSSR count). The Morgan fingerprint density at radius 3 is 2.85 bits per heavy atom. The predicted octanol–water partition coefficient (Wildman–Crippen LogP) is -1.09. The van der Waals surface area contributed by atoms with E-state index in [1.807, 2.05) is 0 Å². The van der Waals surface area contributed by atoms with Crippen molar-refractivity contribution in [3.05, 3.63) is 28.8 Å². The van der Waals surface area contributed by atoms with Crippen LogP contribution in [0.15, 0.2) is 12.1 Å². The Labute approximate surface area is 116 Å². The molecule has 7 heteroatoms. The van der Waals surface area contributed by atoms with Crippen molar-refractivity contribution in [1.29, 1.82) is 0 Å². The molecule has 104 valence electrons. The molecule has 20 heavy (non-hydrogen) atoms. The molecular formula is C13H14BNO5. The highest BCUT2D eigenvalue weighted by molar-refractivity contribution is 6.62. The minimum absolute atomic E-state index is 0.192. The molecule has 0 aromatic heterocycles. The standard InChI is InChI=1S/C13H14BNO5/c1-8-10(3-2-9-4-20-14(18)11(8)9)12(17)15-13(5-16)6-19-7-13/h2-3,5,18H,4,6-7H2,1H3,(H,15,17). The van der Waals surface area contributed by atoms with E-state index >= 15 is 0 Å². The lowest BCUT2D eigenvalue weighted by Crippen LogP contribution is -2.63. The minimum Gasteiger partial charge on any atom is -0.423 e. The Hall–Kier alpha value is -1.70. The van der Waals surface area contributed by atoms with Gasteiger partial charge in [-0.2, -0.15) is 0 Å². The number of hydrogen-bond donors (Lipinski definition) is 2. The van der Waals surface area contributed by atoms with E-state index < -0.39 is 12.7 Å². The zero-order valence-corrected chi connectivity index (χ0v) is 11.0. The van der Waals surface area contributed by atoms with Gasteiger partial charge in [-0.25, -0.2) is 0 Å². The van der Waals surface area contributed by atoms with E-state index in [2.05, 4.69) is 5.32 Å². The second kappa shape index (κ2) is 4.69. The number of amides is 1. The van der Waals surface area contributed by atoms with E-state index in [-0.39, 0.29) is 19.1 Å². The van der Waals surface area contributed by atoms with Crippen molar-refractivity contribution in [2.75, 3.05) is 13.2 Å². The van der Waals surface area contributed by atoms with Crippen LogP contribution in [-0.4, -0.2) is 43.1 Å². The maximum atomic E-state index is 12.3. The summed E-state index contributed by atoms with van der Waals surface area (Å²) >= 11 is 0. The highest BCUT2D eigenvalue weighted by Gasteiger charge is 2.41. The molecule has 6 nitrogen and oxygen atoms in total. The number of fused-ring (bicyclic) bond motifs is 1. The smallest absolute Gasteiger partial charge is 0.423 e. The summed E-state index contributed by atoms with van der Waals surface area (Å²) in [5, 5.41) is 12.5. The summed E-state index contributed by atoms with van der Waals surface area (Å²) < 4.78 is 10.1. The van der Waals surface area contributed by atoms with Crippen LogP contribution >= 0.6 is 0 Å². The minimum atomic E-state index is -0.996. The van der Waals surface area contributed by atoms with Crippen LogP contribution in [0.3, 0.4) is 0 Å². The fraction of sp³-hybridized carbons (Fsp3) is 0.385. The topological polar surface area (TPSA) is 84.9 Å². The third kappa shape index (κ3) is 1.95. The fourth-order valence-electron chi connectivity index (χ4n) is 2.54. The summed E-state index contributed by atoms with van der Waals surface area (Å²) in [6, 6.07) is 3.45. The third-order valence-corrected chi connectivity index (χ3v) is 3.80. The van der Waals surface area contributed by atoms with Gasteiger partial charge in [-0.15, -0.1) is 0 Å². The van der Waals surface area contributed by atoms with Gasteiger partial charge in [0, 0.05) is 5.56 Å². The first-order valence-corrected chi connectivity index (χ1v) is 6.35. The van der Waals surface area contributed by atoms with Gasteiger partial charge in [-0.3, -0.25) is 4.79 Å². The fourth-order valence-corrected chi connectivity index (χ4v) is 2.54. The highest BCUT2D eigenvalue weighted by atomic mass is 16.5. The normalized spacial score (nSPS) is 19.2. The second-order valence-electron chi connectivity index (χ2n) is 5.20. The number of nitrogens with one attached hydrogen (secondary N) is 1. The lowest BCUT2D eigenvalue weighted by atomic mass is 9.75. The van der Waals surface area contributed by atoms with Crippen molar-refractivity contribution in [2.24, 2.45) is 0 Å². The number of carbonyl (C=O) groups is 2. The molecule has 1 saturated heterocycles. The summed E-state index contributed by atoms with van der Waals surface area (Å²) in [6.45, 7) is 2.48. The van der Waals surface area contributed by atoms with Crippen molar-refractivity contribution in [3.8, 4) is 0 Å². The Bertz CT molecular complexity index is 584. The van der Waals surface area contributed by atoms with Crippen LogP contribution in [-0.2, 0) is 20.8 Å². The Morgan fingerprint density at radius 1 is 1.50 bits per heavy atom. The molecule has 2 aliphatic rings. The van der Waals surface area contributed by atoms with E-state index in [1.54, 1.807) is 19.1 Å². The molecule has 0 saturated carbocycles. The Kier molecular flexibility index (Phi) is 3.12. The van der Waals surface area contributed by atoms with Gasteiger partial charge in [0.2, 0.25) is 0 Å². The summed E-state index contributed by atoms with van der Waals surface area (Å²) in [5.74, 6) is -0.347. The quantitative estimate of drug-likeness (QED) is 0.541. The largest absolute Gasteiger partial charge is 0.492 e. The van der Waals surface area contributed by atoms with Gasteiger partial charge in [0.1, 0.15) is 11.8 Å². The van der Waals surface area contributed by atoms with Crippen LogP contribution in [0.5, 0.6) is 0 Å². The molecule has 0 bridgehead atoms. The molecular weight excluding hydrogens is 261 g/mol. The van der Waals surface area contributed by atoms with Crippen LogP contribution in [0.25, 0.3) is 0 Å². The predicted molar refractivity (Wildman–Crippen MR) is 70.7 cm³/mol. The average molecular weight is 275 g/mol. The molecule has 0 aliphatic carbocycles. The molecule has 0 unspecified atom stereocenters. The Balaban J connectivity index is 1.89. The first-order valence-electron chi connectivity index (χ1n) is 6.35. The Morgan fingerprint density at radius 2 is 2.25 bits per heavy atom. The van der Waals surface area contributed by atoms with Crippen LogP contribution in [0.2, 0.25) is 0 Å². The van der Waals surface area contributed by atoms with Gasteiger partial charge in [-0.1, -0.05) is 6.07 Å². The molecule has 2 N–H and O–H groups in total. The zero-order valence-electron chi connectivity index (χ0n) is 11.0. The maximum Gasteiger partial charge on any atom is 0.492 e. The second-order valence-corrected chi connectivity index (χ2v) is 5.20. The molecule has 0 atom stereocenters. The molecule has 2 aliphatic heterocycles. The molecule has 0 radical (unpaired) electrons. The molecule has 1 aromatic rings. The number of rotatable bonds is 3. The summed E-state index contributed by atoms with van der Waals surface area (Å²) in [5.41, 5.74) is 1.71. The number of carbonyl (C=O) groups excluding carboxylic acids is 2. The number of ether oxygens (including phenoxy) is 1. The number of benzene rings is 1. The lowest BCUT2D eigenvalue weighted by Gasteiger charge is -2.37. The lowest BCUT2D eigenvalue weighted by molar-refractivity contribution is -0.131. The molecule has 1 fully saturated rings. The molecule has 1 amide bonds. The average Bonchev–Trinajstić information content (AvgIpc) is 2.76. The van der Waals surface area contributed by atoms with Crippen LogP contribution in [0, 0.1) is 6.92 Å². The first-order chi connectivity index (χ1) is 9.56. The van der Waals surface area contributed by atoms with E-state index in [1.165, 1.54) is 0 Å². The van der Waals surface area contributed by atoms with Crippen molar-refractivity contribution < 1.29 is 24.0 Å². The molecule has 1 aromatic carbocycles. The van der Waals surface area contributed by atoms with Gasteiger partial charge < -0.3 is 24.5 Å². The number of hydrogen-bond acceptors (Lipinski definition) is 5. The van der Waals surface area contributed by atoms with E-state index in [9.17, 15) is 14.6 Å². The van der Waals surface area contributed by atoms with Crippen molar-refractivity contribution in [3.63, 3.8) is 0 Å². The SMILES string of the molecule is Cc1c(C(=O)NC2(C=O)COC2)ccc2c1B(O)OC2. The summed E-state index contributed by atoms with van der Waals surface area (Å²) in [6.07, 6.45) is 0.703. The third-order valence-electron chi connectivity index (χ3n) is 3.80. The van der Waals surface area contributed by atoms with Gasteiger partial charge in [0.15, 0.2) is 0 Å². The van der Waals surface area contributed by atoms with Crippen molar-refractivity contribution >= 4 is 24.8 Å². The van der Waals surface area contributed by atoms with E-state index in [0.717, 1.165) is 5.56 Å². The van der Waals surface area contributed by atoms with Crippen LogP contribution in [0.1, 0.15) is 21.5 Å². The first kappa shape index (κ1) is 13.3. The van der Waals surface area contributed by atoms with Gasteiger partial charge in [0.25, 0.3) is 5.91 Å². The van der Waals surface area contributed by atoms with E-state index in [4.69, 9.17) is 9.39 Å². The van der Waals surface area contributed by atoms with Gasteiger partial charge >= 0.3 is 7.12 Å². The summed E-state index contributed by atoms with van der Waals surface area (Å²) in [4.78, 5) is 23.3. The highest BCUT2D eigenvalue weighted by Crippen LogP contribution is 2.19. The van der Waals surface area contributed by atoms with Gasteiger partial charge in [0.05, 0.1) is 19.8 Å². The van der Waals surface area contributed by atoms with E-state index in [0.29, 0.717) is 29.5 Å². The van der Waals surface area contributed by atoms with Gasteiger partial charge in [-0.05, 0) is 29.6 Å².